The van der Waals surface area contributed by atoms with E-state index < -0.39 is 0 Å². The first-order valence-corrected chi connectivity index (χ1v) is 8.22. The second-order valence-electron chi connectivity index (χ2n) is 7.34. The molecule has 4 aliphatic rings. The second kappa shape index (κ2) is 3.97. The molecule has 0 aromatic carbocycles. The fourth-order valence-corrected chi connectivity index (χ4v) is 5.36. The molecule has 1 aliphatic heterocycles. The zero-order valence-electron chi connectivity index (χ0n) is 12.0. The molecule has 1 aromatic heterocycles. The van der Waals surface area contributed by atoms with Gasteiger partial charge in [-0.1, -0.05) is 0 Å². The number of nitrogens with one attached hydrogen (secondary N) is 2. The van der Waals surface area contributed by atoms with Gasteiger partial charge in [0.25, 0.3) is 0 Å². The Balaban J connectivity index is 1.34. The first-order chi connectivity index (χ1) is 9.81. The van der Waals surface area contributed by atoms with E-state index in [1.807, 2.05) is 0 Å². The lowest BCUT2D eigenvalue weighted by Gasteiger charge is -2.30. The standard InChI is InChI=1S/C15H23N5/c1-8-7-20(5-4-16-8)15-17-14(18-19-15)13-11-9-2-3-10(6-9)12(11)13/h8-13,16H,2-7H2,1H3,(H,17,18,19)/t8-,9?,10?,11?,12?,13?/m0/s1. The van der Waals surface area contributed by atoms with Gasteiger partial charge in [-0.2, -0.15) is 4.98 Å². The van der Waals surface area contributed by atoms with Crippen LogP contribution in [0.3, 0.4) is 0 Å². The van der Waals surface area contributed by atoms with Crippen LogP contribution in [0.15, 0.2) is 0 Å². The molecule has 1 aromatic rings. The van der Waals surface area contributed by atoms with Gasteiger partial charge >= 0.3 is 0 Å². The van der Waals surface area contributed by atoms with E-state index in [0.29, 0.717) is 12.0 Å². The normalized spacial score (nSPS) is 45.8. The molecule has 4 fully saturated rings. The van der Waals surface area contributed by atoms with E-state index in [1.54, 1.807) is 0 Å². The lowest BCUT2D eigenvalue weighted by molar-refractivity contribution is 0.456. The molecule has 2 N–H and O–H groups in total. The maximum atomic E-state index is 4.84. The summed E-state index contributed by atoms with van der Waals surface area (Å²) in [6.45, 7) is 5.29. The minimum Gasteiger partial charge on any atom is -0.337 e. The van der Waals surface area contributed by atoms with Crippen LogP contribution in [0.1, 0.15) is 37.9 Å². The summed E-state index contributed by atoms with van der Waals surface area (Å²) >= 11 is 0. The lowest BCUT2D eigenvalue weighted by atomic mass is 10.0. The predicted molar refractivity (Wildman–Crippen MR) is 76.6 cm³/mol. The Labute approximate surface area is 119 Å². The summed E-state index contributed by atoms with van der Waals surface area (Å²) in [5.41, 5.74) is 0. The SMILES string of the molecule is C[C@H]1CN(c2n[nH]c(C3C4C5CCC(C5)C34)n2)CCN1. The monoisotopic (exact) mass is 273 g/mol. The first-order valence-electron chi connectivity index (χ1n) is 8.22. The number of hydrogen-bond donors (Lipinski definition) is 2. The van der Waals surface area contributed by atoms with Gasteiger partial charge in [-0.15, -0.1) is 5.10 Å². The van der Waals surface area contributed by atoms with Crippen molar-refractivity contribution in [2.24, 2.45) is 23.7 Å². The third-order valence-corrected chi connectivity index (χ3v) is 6.19. The van der Waals surface area contributed by atoms with Gasteiger partial charge in [-0.05, 0) is 49.9 Å². The third kappa shape index (κ3) is 1.53. The Morgan fingerprint density at radius 2 is 2.00 bits per heavy atom. The van der Waals surface area contributed by atoms with E-state index in [2.05, 4.69) is 27.3 Å². The summed E-state index contributed by atoms with van der Waals surface area (Å²) in [6, 6.07) is 0.529. The molecule has 3 aliphatic carbocycles. The molecular weight excluding hydrogens is 250 g/mol. The highest BCUT2D eigenvalue weighted by Gasteiger charge is 2.66. The van der Waals surface area contributed by atoms with Crippen molar-refractivity contribution in [2.45, 2.75) is 38.1 Å². The average molecular weight is 273 g/mol. The van der Waals surface area contributed by atoms with E-state index in [1.165, 1.54) is 25.1 Å². The number of anilines is 1. The van der Waals surface area contributed by atoms with Gasteiger partial charge in [-0.3, -0.25) is 5.10 Å². The molecule has 1 saturated heterocycles. The summed E-state index contributed by atoms with van der Waals surface area (Å²) in [6.07, 6.45) is 4.44. The molecule has 0 spiro atoms. The Kier molecular flexibility index (Phi) is 2.29. The Bertz CT molecular complexity index is 510. The highest BCUT2D eigenvalue weighted by Crippen LogP contribution is 2.72. The topological polar surface area (TPSA) is 56.8 Å². The summed E-state index contributed by atoms with van der Waals surface area (Å²) in [5, 5.41) is 11.2. The number of H-pyrrole nitrogens is 1. The van der Waals surface area contributed by atoms with Crippen LogP contribution >= 0.6 is 0 Å². The molecule has 5 heteroatoms. The van der Waals surface area contributed by atoms with Crippen LogP contribution in [0.4, 0.5) is 5.95 Å². The minimum atomic E-state index is 0.529. The maximum Gasteiger partial charge on any atom is 0.244 e. The molecule has 108 valence electrons. The summed E-state index contributed by atoms with van der Waals surface area (Å²) in [5.74, 6) is 6.70. The molecule has 4 unspecified atom stereocenters. The van der Waals surface area contributed by atoms with Gasteiger partial charge in [0.15, 0.2) is 0 Å². The van der Waals surface area contributed by atoms with Crippen LogP contribution in [0.2, 0.25) is 0 Å². The molecule has 20 heavy (non-hydrogen) atoms. The van der Waals surface area contributed by atoms with Gasteiger partial charge in [0, 0.05) is 31.6 Å². The van der Waals surface area contributed by atoms with E-state index >= 15 is 0 Å². The fourth-order valence-electron chi connectivity index (χ4n) is 5.36. The Morgan fingerprint density at radius 1 is 1.20 bits per heavy atom. The molecule has 5 nitrogen and oxygen atoms in total. The fraction of sp³-hybridized carbons (Fsp3) is 0.867. The highest BCUT2D eigenvalue weighted by atomic mass is 15.4. The van der Waals surface area contributed by atoms with E-state index in [-0.39, 0.29) is 0 Å². The number of aromatic amines is 1. The third-order valence-electron chi connectivity index (χ3n) is 6.19. The van der Waals surface area contributed by atoms with Crippen LogP contribution < -0.4 is 10.2 Å². The number of hydrogen-bond acceptors (Lipinski definition) is 4. The van der Waals surface area contributed by atoms with E-state index in [9.17, 15) is 0 Å². The van der Waals surface area contributed by atoms with Gasteiger partial charge in [-0.25, -0.2) is 0 Å². The highest BCUT2D eigenvalue weighted by molar-refractivity contribution is 5.33. The van der Waals surface area contributed by atoms with Crippen molar-refractivity contribution >= 4 is 5.95 Å². The van der Waals surface area contributed by atoms with Gasteiger partial charge in [0.2, 0.25) is 5.95 Å². The first kappa shape index (κ1) is 11.5. The number of fused-ring (bicyclic) bond motifs is 5. The predicted octanol–water partition coefficient (Wildman–Crippen LogP) is 1.36. The van der Waals surface area contributed by atoms with Crippen molar-refractivity contribution < 1.29 is 0 Å². The molecule has 5 atom stereocenters. The van der Waals surface area contributed by atoms with Crippen LogP contribution in [-0.2, 0) is 0 Å². The van der Waals surface area contributed by atoms with Gasteiger partial charge < -0.3 is 10.2 Å². The lowest BCUT2D eigenvalue weighted by Crippen LogP contribution is -2.49. The molecule has 0 radical (unpaired) electrons. The van der Waals surface area contributed by atoms with Crippen LogP contribution in [-0.4, -0.2) is 40.9 Å². The molecular formula is C15H23N5. The maximum absolute atomic E-state index is 4.84. The van der Waals surface area contributed by atoms with Crippen molar-refractivity contribution in [3.05, 3.63) is 5.82 Å². The summed E-state index contributed by atoms with van der Waals surface area (Å²) in [7, 11) is 0. The number of piperazine rings is 1. The number of rotatable bonds is 2. The molecule has 0 amide bonds. The average Bonchev–Trinajstić information content (AvgIpc) is 2.88. The van der Waals surface area contributed by atoms with Gasteiger partial charge in [0.05, 0.1) is 0 Å². The quantitative estimate of drug-likeness (QED) is 0.854. The zero-order chi connectivity index (χ0) is 13.3. The zero-order valence-corrected chi connectivity index (χ0v) is 12.0. The Morgan fingerprint density at radius 3 is 2.75 bits per heavy atom. The van der Waals surface area contributed by atoms with Crippen LogP contribution in [0.5, 0.6) is 0 Å². The number of aromatic nitrogens is 3. The van der Waals surface area contributed by atoms with Crippen molar-refractivity contribution in [3.63, 3.8) is 0 Å². The second-order valence-corrected chi connectivity index (χ2v) is 7.34. The Hall–Kier alpha value is -1.10. The molecule has 5 rings (SSSR count). The van der Waals surface area contributed by atoms with E-state index in [4.69, 9.17) is 4.98 Å². The largest absolute Gasteiger partial charge is 0.337 e. The van der Waals surface area contributed by atoms with Crippen LogP contribution in [0, 0.1) is 23.7 Å². The van der Waals surface area contributed by atoms with Crippen LogP contribution in [0.25, 0.3) is 0 Å². The summed E-state index contributed by atoms with van der Waals surface area (Å²) in [4.78, 5) is 7.15. The van der Waals surface area contributed by atoms with Crippen molar-refractivity contribution in [3.8, 4) is 0 Å². The van der Waals surface area contributed by atoms with Crippen molar-refractivity contribution in [1.29, 1.82) is 0 Å². The van der Waals surface area contributed by atoms with Crippen molar-refractivity contribution in [1.82, 2.24) is 20.5 Å². The minimum absolute atomic E-state index is 0.529. The van der Waals surface area contributed by atoms with E-state index in [0.717, 1.165) is 49.3 Å². The number of nitrogens with zero attached hydrogens (tertiary/aromatic N) is 3. The van der Waals surface area contributed by atoms with Crippen molar-refractivity contribution in [2.75, 3.05) is 24.5 Å². The summed E-state index contributed by atoms with van der Waals surface area (Å²) < 4.78 is 0. The molecule has 3 saturated carbocycles. The molecule has 2 heterocycles. The van der Waals surface area contributed by atoms with Gasteiger partial charge in [0.1, 0.15) is 5.82 Å². The molecule has 2 bridgehead atoms. The smallest absolute Gasteiger partial charge is 0.244 e.